The predicted octanol–water partition coefficient (Wildman–Crippen LogP) is 3.50. The second kappa shape index (κ2) is 5.70. The van der Waals surface area contributed by atoms with Crippen molar-refractivity contribution in [1.82, 2.24) is 5.32 Å². The van der Waals surface area contributed by atoms with Crippen molar-refractivity contribution in [3.8, 4) is 0 Å². The summed E-state index contributed by atoms with van der Waals surface area (Å²) in [5.41, 5.74) is 0.192. The van der Waals surface area contributed by atoms with Gasteiger partial charge in [0.15, 0.2) is 0 Å². The van der Waals surface area contributed by atoms with Crippen LogP contribution >= 0.6 is 11.6 Å². The van der Waals surface area contributed by atoms with E-state index in [0.717, 1.165) is 25.7 Å². The fraction of sp³-hybridized carbons (Fsp3) is 0.500. The van der Waals surface area contributed by atoms with Crippen LogP contribution in [0.25, 0.3) is 0 Å². The quantitative estimate of drug-likeness (QED) is 0.836. The zero-order chi connectivity index (χ0) is 13.0. The van der Waals surface area contributed by atoms with Gasteiger partial charge in [-0.2, -0.15) is 0 Å². The fourth-order valence-electron chi connectivity index (χ4n) is 2.43. The van der Waals surface area contributed by atoms with Crippen molar-refractivity contribution < 1.29 is 9.18 Å². The maximum atomic E-state index is 12.8. The Bertz CT molecular complexity index is 412. The van der Waals surface area contributed by atoms with Crippen LogP contribution in [0.5, 0.6) is 0 Å². The van der Waals surface area contributed by atoms with Crippen molar-refractivity contribution in [2.24, 2.45) is 0 Å². The molecule has 1 amide bonds. The Morgan fingerprint density at radius 2 is 1.83 bits per heavy atom. The van der Waals surface area contributed by atoms with Crippen molar-refractivity contribution in [2.75, 3.05) is 5.88 Å². The van der Waals surface area contributed by atoms with E-state index in [-0.39, 0.29) is 17.3 Å². The molecule has 1 aliphatic rings. The molecule has 98 valence electrons. The van der Waals surface area contributed by atoms with Gasteiger partial charge in [-0.1, -0.05) is 19.3 Å². The first-order valence-corrected chi connectivity index (χ1v) is 6.83. The lowest BCUT2D eigenvalue weighted by Crippen LogP contribution is -2.51. The summed E-state index contributed by atoms with van der Waals surface area (Å²) in [5.74, 6) is -0.0752. The molecule has 1 aromatic carbocycles. The van der Waals surface area contributed by atoms with Crippen LogP contribution in [0.2, 0.25) is 0 Å². The number of halogens is 2. The van der Waals surface area contributed by atoms with Crippen molar-refractivity contribution in [2.45, 2.75) is 37.6 Å². The Labute approximate surface area is 112 Å². The Hall–Kier alpha value is -1.09. The summed E-state index contributed by atoms with van der Waals surface area (Å²) in [7, 11) is 0. The monoisotopic (exact) mass is 269 g/mol. The first kappa shape index (κ1) is 13.3. The minimum Gasteiger partial charge on any atom is -0.345 e. The number of carbonyl (C=O) groups excluding carboxylic acids is 1. The smallest absolute Gasteiger partial charge is 0.251 e. The van der Waals surface area contributed by atoms with Gasteiger partial charge in [0.25, 0.3) is 5.91 Å². The van der Waals surface area contributed by atoms with Gasteiger partial charge in [0.2, 0.25) is 0 Å². The molecule has 1 saturated carbocycles. The highest BCUT2D eigenvalue weighted by atomic mass is 35.5. The molecule has 0 heterocycles. The Kier molecular flexibility index (Phi) is 4.23. The lowest BCUT2D eigenvalue weighted by molar-refractivity contribution is 0.0885. The summed E-state index contributed by atoms with van der Waals surface area (Å²) in [6, 6.07) is 5.58. The summed E-state index contributed by atoms with van der Waals surface area (Å²) in [4.78, 5) is 12.1. The first-order valence-electron chi connectivity index (χ1n) is 6.29. The maximum absolute atomic E-state index is 12.8. The summed E-state index contributed by atoms with van der Waals surface area (Å²) >= 11 is 6.02. The number of carbonyl (C=O) groups is 1. The van der Waals surface area contributed by atoms with Crippen LogP contribution in [0.15, 0.2) is 24.3 Å². The van der Waals surface area contributed by atoms with Gasteiger partial charge in [-0.25, -0.2) is 4.39 Å². The van der Waals surface area contributed by atoms with Gasteiger partial charge in [-0.15, -0.1) is 11.6 Å². The molecule has 0 saturated heterocycles. The Morgan fingerprint density at radius 1 is 1.22 bits per heavy atom. The van der Waals surface area contributed by atoms with Crippen molar-refractivity contribution in [1.29, 1.82) is 0 Å². The zero-order valence-corrected chi connectivity index (χ0v) is 11.0. The zero-order valence-electron chi connectivity index (χ0n) is 10.2. The average molecular weight is 270 g/mol. The lowest BCUT2D eigenvalue weighted by atomic mass is 9.83. The highest BCUT2D eigenvalue weighted by Crippen LogP contribution is 2.29. The van der Waals surface area contributed by atoms with Crippen LogP contribution in [-0.4, -0.2) is 17.3 Å². The van der Waals surface area contributed by atoms with E-state index in [1.807, 2.05) is 0 Å². The second-order valence-corrected chi connectivity index (χ2v) is 5.20. The molecule has 2 rings (SSSR count). The molecule has 0 aromatic heterocycles. The number of benzene rings is 1. The SMILES string of the molecule is O=C(NC1(CCl)CCCCC1)c1ccc(F)cc1. The van der Waals surface area contributed by atoms with E-state index in [9.17, 15) is 9.18 Å². The standard InChI is InChI=1S/C14H17ClFNO/c15-10-14(8-2-1-3-9-14)17-13(18)11-4-6-12(16)7-5-11/h4-7H,1-3,8-10H2,(H,17,18). The summed E-state index contributed by atoms with van der Waals surface area (Å²) in [6.45, 7) is 0. The third-order valence-corrected chi connectivity index (χ3v) is 4.06. The number of hydrogen-bond acceptors (Lipinski definition) is 1. The van der Waals surface area contributed by atoms with Crippen LogP contribution in [0.3, 0.4) is 0 Å². The van der Waals surface area contributed by atoms with Crippen LogP contribution in [-0.2, 0) is 0 Å². The number of nitrogens with one attached hydrogen (secondary N) is 1. The van der Waals surface area contributed by atoms with E-state index in [1.54, 1.807) is 0 Å². The largest absolute Gasteiger partial charge is 0.345 e. The van der Waals surface area contributed by atoms with Gasteiger partial charge in [0.05, 0.1) is 5.54 Å². The molecule has 4 heteroatoms. The molecule has 2 nitrogen and oxygen atoms in total. The molecule has 0 radical (unpaired) electrons. The van der Waals surface area contributed by atoms with Crippen molar-refractivity contribution >= 4 is 17.5 Å². The third kappa shape index (κ3) is 3.02. The van der Waals surface area contributed by atoms with Crippen LogP contribution in [0.1, 0.15) is 42.5 Å². The van der Waals surface area contributed by atoms with E-state index in [2.05, 4.69) is 5.32 Å². The molecule has 1 N–H and O–H groups in total. The molecule has 1 fully saturated rings. The average Bonchev–Trinajstić information content (AvgIpc) is 2.40. The molecular formula is C14H17ClFNO. The van der Waals surface area contributed by atoms with Gasteiger partial charge in [-0.3, -0.25) is 4.79 Å². The number of rotatable bonds is 3. The van der Waals surface area contributed by atoms with Crippen LogP contribution in [0.4, 0.5) is 4.39 Å². The molecule has 0 unspecified atom stereocenters. The second-order valence-electron chi connectivity index (χ2n) is 4.94. The van der Waals surface area contributed by atoms with Crippen molar-refractivity contribution in [3.63, 3.8) is 0 Å². The van der Waals surface area contributed by atoms with E-state index in [1.165, 1.54) is 30.7 Å². The normalized spacial score (nSPS) is 18.3. The molecule has 1 aromatic rings. The number of amides is 1. The molecule has 0 atom stereocenters. The van der Waals surface area contributed by atoms with E-state index in [0.29, 0.717) is 11.4 Å². The molecule has 0 aliphatic heterocycles. The minimum absolute atomic E-state index is 0.169. The van der Waals surface area contributed by atoms with E-state index in [4.69, 9.17) is 11.6 Å². The number of hydrogen-bond donors (Lipinski definition) is 1. The van der Waals surface area contributed by atoms with Gasteiger partial charge < -0.3 is 5.32 Å². The van der Waals surface area contributed by atoms with Gasteiger partial charge in [0.1, 0.15) is 5.82 Å². The highest BCUT2D eigenvalue weighted by Gasteiger charge is 2.32. The summed E-state index contributed by atoms with van der Waals surface area (Å²) in [6.07, 6.45) is 5.23. The minimum atomic E-state index is -0.337. The lowest BCUT2D eigenvalue weighted by Gasteiger charge is -2.36. The molecular weight excluding hydrogens is 253 g/mol. The molecule has 18 heavy (non-hydrogen) atoms. The van der Waals surface area contributed by atoms with Crippen LogP contribution < -0.4 is 5.32 Å². The van der Waals surface area contributed by atoms with Gasteiger partial charge in [-0.05, 0) is 37.1 Å². The van der Waals surface area contributed by atoms with E-state index < -0.39 is 0 Å². The first-order chi connectivity index (χ1) is 8.65. The summed E-state index contributed by atoms with van der Waals surface area (Å²) in [5, 5.41) is 3.02. The van der Waals surface area contributed by atoms with Gasteiger partial charge in [0, 0.05) is 11.4 Å². The Balaban J connectivity index is 2.07. The fourth-order valence-corrected chi connectivity index (χ4v) is 2.77. The number of alkyl halides is 1. The molecule has 0 spiro atoms. The highest BCUT2D eigenvalue weighted by molar-refractivity contribution is 6.19. The Morgan fingerprint density at radius 3 is 2.39 bits per heavy atom. The summed E-state index contributed by atoms with van der Waals surface area (Å²) < 4.78 is 12.8. The predicted molar refractivity (Wildman–Crippen MR) is 70.4 cm³/mol. The van der Waals surface area contributed by atoms with Crippen LogP contribution in [0, 0.1) is 5.82 Å². The van der Waals surface area contributed by atoms with Gasteiger partial charge >= 0.3 is 0 Å². The van der Waals surface area contributed by atoms with Crippen molar-refractivity contribution in [3.05, 3.63) is 35.6 Å². The molecule has 0 bridgehead atoms. The third-order valence-electron chi connectivity index (χ3n) is 3.55. The maximum Gasteiger partial charge on any atom is 0.251 e. The van der Waals surface area contributed by atoms with E-state index >= 15 is 0 Å². The molecule has 1 aliphatic carbocycles. The topological polar surface area (TPSA) is 29.1 Å².